The van der Waals surface area contributed by atoms with E-state index >= 15 is 0 Å². The third kappa shape index (κ3) is 2.96. The van der Waals surface area contributed by atoms with Crippen LogP contribution in [-0.4, -0.2) is 18.0 Å². The van der Waals surface area contributed by atoms with E-state index in [1.165, 1.54) is 0 Å². The molecule has 0 radical (unpaired) electrons. The van der Waals surface area contributed by atoms with Gasteiger partial charge in [0.15, 0.2) is 0 Å². The fourth-order valence-corrected chi connectivity index (χ4v) is 2.51. The Balaban J connectivity index is 1.76. The molecule has 0 unspecified atom stereocenters. The molecule has 1 aromatic heterocycles. The van der Waals surface area contributed by atoms with Crippen molar-refractivity contribution in [1.29, 1.82) is 0 Å². The van der Waals surface area contributed by atoms with Crippen LogP contribution in [0.5, 0.6) is 5.75 Å². The number of anilines is 1. The number of methoxy groups -OCH3 is 1. The zero-order valence-electron chi connectivity index (χ0n) is 12.6. The maximum absolute atomic E-state index is 12.3. The first-order valence-corrected chi connectivity index (χ1v) is 7.16. The summed E-state index contributed by atoms with van der Waals surface area (Å²) in [6.45, 7) is 1.98. The molecule has 0 aliphatic carbocycles. The minimum absolute atomic E-state index is 0.0567. The standard InChI is InChI=1S/C18H18N2O2/c1-12-3-6-17(22-2)16(9-12)20-18(21)11-13-4-5-15-14(10-13)7-8-19-15/h3-10,19H,11H2,1-2H3,(H,20,21). The third-order valence-corrected chi connectivity index (χ3v) is 3.61. The van der Waals surface area contributed by atoms with Crippen LogP contribution in [0.25, 0.3) is 10.9 Å². The normalized spacial score (nSPS) is 10.6. The Morgan fingerprint density at radius 3 is 2.86 bits per heavy atom. The summed E-state index contributed by atoms with van der Waals surface area (Å²) in [5.41, 5.74) is 3.83. The first-order valence-electron chi connectivity index (χ1n) is 7.16. The van der Waals surface area contributed by atoms with Gasteiger partial charge in [0.25, 0.3) is 0 Å². The Kier molecular flexibility index (Phi) is 3.83. The summed E-state index contributed by atoms with van der Waals surface area (Å²) >= 11 is 0. The lowest BCUT2D eigenvalue weighted by Crippen LogP contribution is -2.15. The van der Waals surface area contributed by atoms with Gasteiger partial charge in [-0.15, -0.1) is 0 Å². The molecule has 3 rings (SSSR count). The van der Waals surface area contributed by atoms with Crippen molar-refractivity contribution in [2.75, 3.05) is 12.4 Å². The van der Waals surface area contributed by atoms with E-state index < -0.39 is 0 Å². The highest BCUT2D eigenvalue weighted by Crippen LogP contribution is 2.25. The first-order chi connectivity index (χ1) is 10.7. The summed E-state index contributed by atoms with van der Waals surface area (Å²) in [7, 11) is 1.60. The van der Waals surface area contributed by atoms with Crippen LogP contribution in [0, 0.1) is 6.92 Å². The monoisotopic (exact) mass is 294 g/mol. The number of carbonyl (C=O) groups is 1. The fraction of sp³-hybridized carbons (Fsp3) is 0.167. The van der Waals surface area contributed by atoms with Crippen LogP contribution < -0.4 is 10.1 Å². The summed E-state index contributed by atoms with van der Waals surface area (Å²) in [4.78, 5) is 15.4. The van der Waals surface area contributed by atoms with Gasteiger partial charge in [-0.2, -0.15) is 0 Å². The zero-order valence-corrected chi connectivity index (χ0v) is 12.6. The van der Waals surface area contributed by atoms with E-state index in [1.807, 2.05) is 55.6 Å². The average Bonchev–Trinajstić information content (AvgIpc) is 2.95. The molecule has 2 aromatic carbocycles. The molecule has 0 aliphatic rings. The van der Waals surface area contributed by atoms with Gasteiger partial charge in [0.05, 0.1) is 19.2 Å². The van der Waals surface area contributed by atoms with Crippen molar-refractivity contribution in [3.63, 3.8) is 0 Å². The van der Waals surface area contributed by atoms with E-state index in [4.69, 9.17) is 4.74 Å². The minimum atomic E-state index is -0.0567. The quantitative estimate of drug-likeness (QED) is 0.771. The molecule has 4 nitrogen and oxygen atoms in total. The molecule has 0 saturated carbocycles. The Morgan fingerprint density at radius 1 is 1.18 bits per heavy atom. The van der Waals surface area contributed by atoms with Gasteiger partial charge >= 0.3 is 0 Å². The second kappa shape index (κ2) is 5.93. The first kappa shape index (κ1) is 14.2. The van der Waals surface area contributed by atoms with Crippen LogP contribution in [0.3, 0.4) is 0 Å². The van der Waals surface area contributed by atoms with Gasteiger partial charge in [-0.3, -0.25) is 4.79 Å². The van der Waals surface area contributed by atoms with E-state index in [2.05, 4.69) is 10.3 Å². The van der Waals surface area contributed by atoms with Gasteiger partial charge in [-0.05, 0) is 53.8 Å². The molecule has 3 aromatic rings. The number of aryl methyl sites for hydroxylation is 1. The smallest absolute Gasteiger partial charge is 0.228 e. The maximum atomic E-state index is 12.3. The molecular weight excluding hydrogens is 276 g/mol. The highest BCUT2D eigenvalue weighted by Gasteiger charge is 2.09. The van der Waals surface area contributed by atoms with Crippen molar-refractivity contribution >= 4 is 22.5 Å². The lowest BCUT2D eigenvalue weighted by Gasteiger charge is -2.11. The van der Waals surface area contributed by atoms with Crippen molar-refractivity contribution < 1.29 is 9.53 Å². The van der Waals surface area contributed by atoms with E-state index in [-0.39, 0.29) is 5.91 Å². The number of ether oxygens (including phenoxy) is 1. The largest absolute Gasteiger partial charge is 0.495 e. The lowest BCUT2D eigenvalue weighted by atomic mass is 10.1. The molecule has 22 heavy (non-hydrogen) atoms. The molecule has 112 valence electrons. The van der Waals surface area contributed by atoms with Gasteiger partial charge in [-0.25, -0.2) is 0 Å². The second-order valence-corrected chi connectivity index (χ2v) is 5.33. The number of carbonyl (C=O) groups excluding carboxylic acids is 1. The molecule has 0 saturated heterocycles. The van der Waals surface area contributed by atoms with E-state index in [0.29, 0.717) is 17.9 Å². The van der Waals surface area contributed by atoms with Crippen LogP contribution in [0.15, 0.2) is 48.7 Å². The number of hydrogen-bond donors (Lipinski definition) is 2. The summed E-state index contributed by atoms with van der Waals surface area (Å²) in [6.07, 6.45) is 2.23. The van der Waals surface area contributed by atoms with Gasteiger partial charge in [0.1, 0.15) is 5.75 Å². The van der Waals surface area contributed by atoms with Gasteiger partial charge in [0, 0.05) is 11.7 Å². The molecule has 2 N–H and O–H groups in total. The summed E-state index contributed by atoms with van der Waals surface area (Å²) in [5.74, 6) is 0.610. The number of benzene rings is 2. The predicted octanol–water partition coefficient (Wildman–Crippen LogP) is 3.67. The Hall–Kier alpha value is -2.75. The predicted molar refractivity (Wildman–Crippen MR) is 88.4 cm³/mol. The molecular formula is C18H18N2O2. The Morgan fingerprint density at radius 2 is 2.05 bits per heavy atom. The fourth-order valence-electron chi connectivity index (χ4n) is 2.51. The van der Waals surface area contributed by atoms with E-state index in [1.54, 1.807) is 7.11 Å². The second-order valence-electron chi connectivity index (χ2n) is 5.33. The summed E-state index contributed by atoms with van der Waals surface area (Å²) in [5, 5.41) is 4.03. The molecule has 4 heteroatoms. The summed E-state index contributed by atoms with van der Waals surface area (Å²) < 4.78 is 5.28. The minimum Gasteiger partial charge on any atom is -0.495 e. The number of rotatable bonds is 4. The van der Waals surface area contributed by atoms with Crippen molar-refractivity contribution in [1.82, 2.24) is 4.98 Å². The van der Waals surface area contributed by atoms with Crippen molar-refractivity contribution in [2.45, 2.75) is 13.3 Å². The number of aromatic nitrogens is 1. The van der Waals surface area contributed by atoms with Crippen LogP contribution in [-0.2, 0) is 11.2 Å². The highest BCUT2D eigenvalue weighted by molar-refractivity contribution is 5.94. The average molecular weight is 294 g/mol. The highest BCUT2D eigenvalue weighted by atomic mass is 16.5. The molecule has 1 heterocycles. The van der Waals surface area contributed by atoms with Crippen molar-refractivity contribution in [3.05, 3.63) is 59.8 Å². The molecule has 0 atom stereocenters. The van der Waals surface area contributed by atoms with Gasteiger partial charge in [0.2, 0.25) is 5.91 Å². The van der Waals surface area contributed by atoms with Crippen LogP contribution in [0.1, 0.15) is 11.1 Å². The van der Waals surface area contributed by atoms with Gasteiger partial charge in [-0.1, -0.05) is 12.1 Å². The number of hydrogen-bond acceptors (Lipinski definition) is 2. The molecule has 1 amide bonds. The number of fused-ring (bicyclic) bond motifs is 1. The van der Waals surface area contributed by atoms with Crippen molar-refractivity contribution in [2.24, 2.45) is 0 Å². The van der Waals surface area contributed by atoms with Crippen LogP contribution >= 0.6 is 0 Å². The number of amides is 1. The number of aromatic amines is 1. The number of H-pyrrole nitrogens is 1. The Labute approximate surface area is 129 Å². The SMILES string of the molecule is COc1ccc(C)cc1NC(=O)Cc1ccc2[nH]ccc2c1. The molecule has 0 bridgehead atoms. The topological polar surface area (TPSA) is 54.1 Å². The molecule has 0 spiro atoms. The maximum Gasteiger partial charge on any atom is 0.228 e. The van der Waals surface area contributed by atoms with Crippen LogP contribution in [0.4, 0.5) is 5.69 Å². The van der Waals surface area contributed by atoms with E-state index in [0.717, 1.165) is 22.0 Å². The number of nitrogens with one attached hydrogen (secondary N) is 2. The third-order valence-electron chi connectivity index (χ3n) is 3.61. The van der Waals surface area contributed by atoms with E-state index in [9.17, 15) is 4.79 Å². The lowest BCUT2D eigenvalue weighted by molar-refractivity contribution is -0.115. The van der Waals surface area contributed by atoms with Gasteiger partial charge < -0.3 is 15.0 Å². The Bertz CT molecular complexity index is 821. The van der Waals surface area contributed by atoms with Crippen molar-refractivity contribution in [3.8, 4) is 5.75 Å². The summed E-state index contributed by atoms with van der Waals surface area (Å²) in [6, 6.07) is 13.7. The zero-order chi connectivity index (χ0) is 15.5. The molecule has 0 aliphatic heterocycles. The van der Waals surface area contributed by atoms with Crippen LogP contribution in [0.2, 0.25) is 0 Å². The molecule has 0 fully saturated rings.